The van der Waals surface area contributed by atoms with Gasteiger partial charge in [0.1, 0.15) is 6.04 Å². The van der Waals surface area contributed by atoms with Crippen LogP contribution in [0.1, 0.15) is 18.2 Å². The molecule has 0 aliphatic heterocycles. The normalized spacial score (nSPS) is 12.7. The average Bonchev–Trinajstić information content (AvgIpc) is 3.06. The fourth-order valence-corrected chi connectivity index (χ4v) is 3.31. The number of amides is 1. The monoisotopic (exact) mass is 353 g/mol. The largest absolute Gasteiger partial charge is 0.349 e. The van der Waals surface area contributed by atoms with Crippen LogP contribution in [0.4, 0.5) is 0 Å². The van der Waals surface area contributed by atoms with Crippen LogP contribution in [-0.2, 0) is 27.8 Å². The summed E-state index contributed by atoms with van der Waals surface area (Å²) >= 11 is 1.44. The Morgan fingerprint density at radius 1 is 1.30 bits per heavy atom. The number of carbonyl (C=O) groups excluding carboxylic acids is 1. The molecular weight excluding hydrogens is 334 g/mol. The Morgan fingerprint density at radius 2 is 2.04 bits per heavy atom. The minimum absolute atomic E-state index is 0.0718. The van der Waals surface area contributed by atoms with Gasteiger partial charge in [0.05, 0.1) is 23.5 Å². The van der Waals surface area contributed by atoms with Crippen LogP contribution in [0.2, 0.25) is 0 Å². The maximum absolute atomic E-state index is 12.4. The Kier molecular flexibility index (Phi) is 6.26. The van der Waals surface area contributed by atoms with Crippen molar-refractivity contribution >= 4 is 27.3 Å². The first-order chi connectivity index (χ1) is 11.0. The molecule has 8 heteroatoms. The number of sulfonamides is 1. The topological polar surface area (TPSA) is 88.2 Å². The molecule has 1 amide bonds. The summed E-state index contributed by atoms with van der Waals surface area (Å²) in [5.74, 6) is -0.434. The highest BCUT2D eigenvalue weighted by atomic mass is 32.2. The van der Waals surface area contributed by atoms with Crippen molar-refractivity contribution in [2.75, 3.05) is 5.75 Å². The van der Waals surface area contributed by atoms with E-state index >= 15 is 0 Å². The zero-order chi connectivity index (χ0) is 16.7. The first-order valence-corrected chi connectivity index (χ1v) is 9.78. The lowest BCUT2D eigenvalue weighted by molar-refractivity contribution is -0.122. The molecule has 124 valence electrons. The molecular formula is C15H19N3O3S2. The second kappa shape index (κ2) is 8.19. The van der Waals surface area contributed by atoms with E-state index in [2.05, 4.69) is 15.0 Å². The van der Waals surface area contributed by atoms with Gasteiger partial charge in [-0.1, -0.05) is 30.3 Å². The molecule has 23 heavy (non-hydrogen) atoms. The molecule has 0 spiro atoms. The van der Waals surface area contributed by atoms with Crippen LogP contribution in [0.15, 0.2) is 41.2 Å². The number of rotatable bonds is 8. The van der Waals surface area contributed by atoms with Crippen LogP contribution in [0.25, 0.3) is 0 Å². The summed E-state index contributed by atoms with van der Waals surface area (Å²) in [6.07, 6.45) is 0.295. The van der Waals surface area contributed by atoms with E-state index in [1.807, 2.05) is 35.7 Å². The smallest absolute Gasteiger partial charge is 0.238 e. The van der Waals surface area contributed by atoms with Crippen LogP contribution < -0.4 is 10.0 Å². The molecule has 2 rings (SSSR count). The van der Waals surface area contributed by atoms with Crippen molar-refractivity contribution in [3.05, 3.63) is 52.5 Å². The van der Waals surface area contributed by atoms with Crippen molar-refractivity contribution in [1.82, 2.24) is 15.0 Å². The number of hydrogen-bond acceptors (Lipinski definition) is 5. The third kappa shape index (κ3) is 5.74. The van der Waals surface area contributed by atoms with Crippen LogP contribution in [0, 0.1) is 0 Å². The second-order valence-corrected chi connectivity index (χ2v) is 7.72. The third-order valence-corrected chi connectivity index (χ3v) is 5.27. The summed E-state index contributed by atoms with van der Waals surface area (Å²) in [4.78, 5) is 16.5. The van der Waals surface area contributed by atoms with Crippen LogP contribution >= 0.6 is 11.3 Å². The van der Waals surface area contributed by atoms with Gasteiger partial charge in [-0.05, 0) is 18.9 Å². The van der Waals surface area contributed by atoms with Gasteiger partial charge in [0.15, 0.2) is 0 Å². The summed E-state index contributed by atoms with van der Waals surface area (Å²) in [7, 11) is -3.48. The fourth-order valence-electron chi connectivity index (χ4n) is 1.96. The van der Waals surface area contributed by atoms with Gasteiger partial charge in [0.2, 0.25) is 15.9 Å². The van der Waals surface area contributed by atoms with E-state index < -0.39 is 16.1 Å². The maximum Gasteiger partial charge on any atom is 0.238 e. The van der Waals surface area contributed by atoms with Gasteiger partial charge in [-0.2, -0.15) is 0 Å². The van der Waals surface area contributed by atoms with Gasteiger partial charge in [0, 0.05) is 5.38 Å². The molecule has 1 atom stereocenters. The van der Waals surface area contributed by atoms with Crippen molar-refractivity contribution in [1.29, 1.82) is 0 Å². The summed E-state index contributed by atoms with van der Waals surface area (Å²) in [6, 6.07) is 8.46. The Morgan fingerprint density at radius 3 is 2.65 bits per heavy atom. The molecule has 1 aromatic heterocycles. The molecule has 0 bridgehead atoms. The van der Waals surface area contributed by atoms with Crippen molar-refractivity contribution in [2.24, 2.45) is 0 Å². The highest BCUT2D eigenvalue weighted by Crippen LogP contribution is 2.06. The standard InChI is InChI=1S/C15H19N3O3S2/c1-2-23(20,21)18-14(8-12-6-4-3-5-7-12)15(19)16-9-13-10-22-11-17-13/h3-7,10-11,14,18H,2,8-9H2,1H3,(H,16,19)/t14-/m0/s1. The molecule has 0 aliphatic rings. The van der Waals surface area contributed by atoms with Crippen LogP contribution in [0.3, 0.4) is 0 Å². The van der Waals surface area contributed by atoms with E-state index in [1.54, 1.807) is 5.51 Å². The minimum atomic E-state index is -3.48. The highest BCUT2D eigenvalue weighted by molar-refractivity contribution is 7.89. The van der Waals surface area contributed by atoms with E-state index in [0.717, 1.165) is 11.3 Å². The van der Waals surface area contributed by atoms with E-state index in [9.17, 15) is 13.2 Å². The van der Waals surface area contributed by atoms with Crippen LogP contribution in [0.5, 0.6) is 0 Å². The molecule has 0 radical (unpaired) electrons. The van der Waals surface area contributed by atoms with Crippen molar-refractivity contribution in [2.45, 2.75) is 25.9 Å². The summed E-state index contributed by atoms with van der Waals surface area (Å²) in [5.41, 5.74) is 3.32. The predicted molar refractivity (Wildman–Crippen MR) is 90.5 cm³/mol. The summed E-state index contributed by atoms with van der Waals surface area (Å²) < 4.78 is 26.1. The highest BCUT2D eigenvalue weighted by Gasteiger charge is 2.23. The molecule has 0 unspecified atom stereocenters. The Hall–Kier alpha value is -1.77. The molecule has 0 fully saturated rings. The van der Waals surface area contributed by atoms with Gasteiger partial charge in [-0.25, -0.2) is 18.1 Å². The van der Waals surface area contributed by atoms with E-state index in [4.69, 9.17) is 0 Å². The van der Waals surface area contributed by atoms with Gasteiger partial charge in [-0.15, -0.1) is 11.3 Å². The second-order valence-electron chi connectivity index (χ2n) is 4.96. The SMILES string of the molecule is CCS(=O)(=O)N[C@@H](Cc1ccccc1)C(=O)NCc1cscn1. The van der Waals surface area contributed by atoms with E-state index in [0.29, 0.717) is 6.42 Å². The molecule has 2 N–H and O–H groups in total. The van der Waals surface area contributed by atoms with Crippen molar-refractivity contribution in [3.8, 4) is 0 Å². The molecule has 0 aliphatic carbocycles. The van der Waals surface area contributed by atoms with E-state index in [1.165, 1.54) is 18.3 Å². The Labute approximate surface area is 140 Å². The molecule has 1 aromatic carbocycles. The van der Waals surface area contributed by atoms with Gasteiger partial charge in [-0.3, -0.25) is 4.79 Å². The quantitative estimate of drug-likeness (QED) is 0.749. The Balaban J connectivity index is 2.06. The van der Waals surface area contributed by atoms with Gasteiger partial charge in [0.25, 0.3) is 0 Å². The number of nitrogens with one attached hydrogen (secondary N) is 2. The lowest BCUT2D eigenvalue weighted by Crippen LogP contribution is -2.48. The predicted octanol–water partition coefficient (Wildman–Crippen LogP) is 1.31. The lowest BCUT2D eigenvalue weighted by atomic mass is 10.1. The van der Waals surface area contributed by atoms with Gasteiger partial charge < -0.3 is 5.32 Å². The zero-order valence-electron chi connectivity index (χ0n) is 12.7. The molecule has 1 heterocycles. The number of hydrogen-bond donors (Lipinski definition) is 2. The zero-order valence-corrected chi connectivity index (χ0v) is 14.4. The number of nitrogens with zero attached hydrogens (tertiary/aromatic N) is 1. The van der Waals surface area contributed by atoms with Crippen LogP contribution in [-0.4, -0.2) is 31.1 Å². The summed E-state index contributed by atoms with van der Waals surface area (Å²) in [6.45, 7) is 1.82. The molecule has 2 aromatic rings. The fraction of sp³-hybridized carbons (Fsp3) is 0.333. The van der Waals surface area contributed by atoms with Crippen molar-refractivity contribution in [3.63, 3.8) is 0 Å². The minimum Gasteiger partial charge on any atom is -0.349 e. The average molecular weight is 353 g/mol. The van der Waals surface area contributed by atoms with E-state index in [-0.39, 0.29) is 18.2 Å². The summed E-state index contributed by atoms with van der Waals surface area (Å²) in [5, 5.41) is 4.57. The van der Waals surface area contributed by atoms with Crippen molar-refractivity contribution < 1.29 is 13.2 Å². The number of thiazole rings is 1. The first kappa shape index (κ1) is 17.6. The number of carbonyl (C=O) groups is 1. The first-order valence-electron chi connectivity index (χ1n) is 7.19. The molecule has 6 nitrogen and oxygen atoms in total. The number of benzene rings is 1. The maximum atomic E-state index is 12.4. The lowest BCUT2D eigenvalue weighted by Gasteiger charge is -2.18. The molecule has 0 saturated heterocycles. The Bertz CT molecular complexity index is 716. The third-order valence-electron chi connectivity index (χ3n) is 3.23. The molecule has 0 saturated carbocycles. The van der Waals surface area contributed by atoms with Gasteiger partial charge >= 0.3 is 0 Å². The number of aromatic nitrogens is 1.